The van der Waals surface area contributed by atoms with Crippen LogP contribution < -0.4 is 26.0 Å². The van der Waals surface area contributed by atoms with Gasteiger partial charge in [0.25, 0.3) is 0 Å². The lowest BCUT2D eigenvalue weighted by Gasteiger charge is -2.13. The highest BCUT2D eigenvalue weighted by molar-refractivity contribution is 6.36. The molecule has 15 aromatic rings. The Kier molecular flexibility index (Phi) is 22.1. The number of nitrogens with zero attached hydrogens (tertiary/aromatic N) is 5. The predicted molar refractivity (Wildman–Crippen MR) is 526 cm³/mol. The van der Waals surface area contributed by atoms with Crippen LogP contribution in [0.3, 0.4) is 0 Å². The summed E-state index contributed by atoms with van der Waals surface area (Å²) < 4.78 is 21.8. The average Bonchev–Trinajstić information content (AvgIpc) is 1.53. The number of carboxylic acids is 4. The Morgan fingerprint density at radius 2 is 0.761 bits per heavy atom. The number of aromatic carboxylic acids is 4. The SMILES string of the molecule is COc1ccc(C2CC23C(=O)Nc2cc(Cl)c(-c4ccc(-c5ccncc5)cc4)cc23)cc1C(=O)O.Cc1ccc(C2CC23C(=O)Nc2cc(Cl)c(-c4ccc(-c5ccccc5)cn4)cc23)cc1C(=O)O.Cc1ccc(C2CC23C(=O)Nc2cc(Cl)c(-c4ccc(C5CC5)cn4)cc23)cc1C(=O)O.Cn1cc(C2CC23C(=O)Nc2cc(Cl)c(-c4ccc(-c5ccncc5)c(F)c4)cc23)cc1C(=O)O. The standard InChI is InChI=1S/C29H21ClN2O4.C29H21ClN2O3.C27H19ClFN3O3.C26H21ClN2O3/c1-36-26-7-6-19(12-21(26)27(33)34)23-15-29(23)22-13-20(24(30)14-25(22)32-28(29)35)18-4-2-16(3-5-18)17-8-10-31-11-9-17;1-16-7-8-18(11-20(16)27(33)34)23-14-29(23)22-12-21(24(30)13-26(22)32-28(29)35)25-10-9-19(15-31-25)17-5-3-2-4-6-17;1-32-13-16(9-24(32)25(33)34)20-12-27(20)19-10-18(21(28)11-23(19)31-26(27)35)15-2-3-17(22(29)8-15)14-4-6-30-7-5-14;1-13-2-3-15(8-17(13)24(30)31)20-11-26(20)19-9-18(21(27)10-23(19)29-25(26)32)22-7-6-16(12-28-22)14-4-5-14/h2-14,23H,15H2,1H3,(H,32,35)(H,33,34);2-13,15,23H,14H2,1H3,(H,32,35)(H,33,34);2-11,13,20H,12H2,1H3,(H,31,35)(H,33,34);2-3,6-10,12,14,20H,4-5,11H2,1H3,(H,29,32)(H,30,31). The molecule has 9 heterocycles. The van der Waals surface area contributed by atoms with E-state index in [-0.39, 0.29) is 75.5 Å². The summed E-state index contributed by atoms with van der Waals surface area (Å²) in [4.78, 5) is 116. The summed E-state index contributed by atoms with van der Waals surface area (Å²) in [6, 6.07) is 71.1. The molecule has 22 nitrogen and oxygen atoms in total. The van der Waals surface area contributed by atoms with Crippen molar-refractivity contribution in [3.63, 3.8) is 0 Å². The number of aromatic nitrogens is 5. The Balaban J connectivity index is 0.000000110. The number of fused-ring (bicyclic) bond motifs is 8. The summed E-state index contributed by atoms with van der Waals surface area (Å²) in [6.45, 7) is 3.56. The van der Waals surface area contributed by atoms with Crippen molar-refractivity contribution in [2.45, 2.75) is 104 Å². The molecule has 5 aromatic heterocycles. The molecule has 8 atom stereocenters. The van der Waals surface area contributed by atoms with Gasteiger partial charge in [-0.25, -0.2) is 23.6 Å². The minimum Gasteiger partial charge on any atom is -0.496 e. The third kappa shape index (κ3) is 15.4. The van der Waals surface area contributed by atoms with Crippen LogP contribution in [-0.2, 0) is 47.9 Å². The molecule has 4 amide bonds. The number of carboxylic acid groups (broad SMARTS) is 4. The number of nitrogens with one attached hydrogen (secondary N) is 4. The van der Waals surface area contributed by atoms with Crippen LogP contribution in [0.2, 0.25) is 20.1 Å². The molecule has 8 unspecified atom stereocenters. The molecule has 10 aromatic carbocycles. The highest BCUT2D eigenvalue weighted by atomic mass is 35.5. The van der Waals surface area contributed by atoms with E-state index in [1.54, 1.807) is 117 Å². The van der Waals surface area contributed by atoms with Gasteiger partial charge in [0.1, 0.15) is 22.8 Å². The Bertz CT molecular complexity index is 7720. The summed E-state index contributed by atoms with van der Waals surface area (Å²) >= 11 is 26.5. The second-order valence-electron chi connectivity index (χ2n) is 36.6. The molecule has 5 aliphatic carbocycles. The molecule has 27 heteroatoms. The number of ether oxygens (including phenoxy) is 1. The molecule has 5 saturated carbocycles. The number of aryl methyl sites for hydroxylation is 3. The fourth-order valence-corrected chi connectivity index (χ4v) is 22.1. The molecule has 4 aliphatic heterocycles. The molecule has 24 rings (SSSR count). The Morgan fingerprint density at radius 3 is 1.18 bits per heavy atom. The van der Waals surface area contributed by atoms with E-state index in [2.05, 4.69) is 47.3 Å². The van der Waals surface area contributed by atoms with E-state index in [1.807, 2.05) is 170 Å². The zero-order valence-corrected chi connectivity index (χ0v) is 77.2. The van der Waals surface area contributed by atoms with Crippen LogP contribution in [0.25, 0.3) is 78.1 Å². The summed E-state index contributed by atoms with van der Waals surface area (Å²) in [5, 5.41) is 52.0. The van der Waals surface area contributed by atoms with E-state index in [1.165, 1.54) is 31.6 Å². The fraction of sp³-hybridized carbons (Fsp3) is 0.171. The number of amides is 4. The Labute approximate surface area is 810 Å². The van der Waals surface area contributed by atoms with Crippen molar-refractivity contribution < 1.29 is 67.9 Å². The monoisotopic (exact) mass is 1910 g/mol. The largest absolute Gasteiger partial charge is 0.496 e. The summed E-state index contributed by atoms with van der Waals surface area (Å²) in [6.07, 6.45) is 17.1. The summed E-state index contributed by atoms with van der Waals surface area (Å²) in [7, 11) is 3.11. The van der Waals surface area contributed by atoms with Gasteiger partial charge in [-0.1, -0.05) is 156 Å². The van der Waals surface area contributed by atoms with Gasteiger partial charge in [0.2, 0.25) is 23.6 Å². The molecule has 0 radical (unpaired) electrons. The molecule has 0 saturated heterocycles. The first-order valence-corrected chi connectivity index (χ1v) is 46.3. The van der Waals surface area contributed by atoms with Gasteiger partial charge in [-0.2, -0.15) is 0 Å². The fourth-order valence-electron chi connectivity index (χ4n) is 21.0. The van der Waals surface area contributed by atoms with Crippen LogP contribution in [0.5, 0.6) is 5.75 Å². The number of methoxy groups -OCH3 is 1. The maximum absolute atomic E-state index is 15.1. The minimum absolute atomic E-state index is 0.0554. The molecule has 9 aliphatic rings. The lowest BCUT2D eigenvalue weighted by Crippen LogP contribution is -2.21. The predicted octanol–water partition coefficient (Wildman–Crippen LogP) is 23.9. The second-order valence-corrected chi connectivity index (χ2v) is 38.3. The Hall–Kier alpha value is -15.3. The van der Waals surface area contributed by atoms with Gasteiger partial charge >= 0.3 is 23.9 Å². The van der Waals surface area contributed by atoms with E-state index >= 15 is 4.39 Å². The Morgan fingerprint density at radius 1 is 0.384 bits per heavy atom. The minimum atomic E-state index is -1.07. The van der Waals surface area contributed by atoms with Crippen LogP contribution in [0.15, 0.2) is 274 Å². The van der Waals surface area contributed by atoms with Crippen molar-refractivity contribution in [3.8, 4) is 83.9 Å². The average molecular weight is 1910 g/mol. The maximum Gasteiger partial charge on any atom is 0.352 e. The first kappa shape index (κ1) is 89.3. The van der Waals surface area contributed by atoms with Crippen LogP contribution in [0, 0.1) is 19.7 Å². The summed E-state index contributed by atoms with van der Waals surface area (Å²) in [5.41, 5.74) is 21.7. The van der Waals surface area contributed by atoms with E-state index in [0.717, 1.165) is 112 Å². The number of benzene rings is 10. The molecule has 138 heavy (non-hydrogen) atoms. The number of hydrogen-bond acceptors (Lipinski definition) is 13. The molecule has 4 spiro atoms. The molecule has 684 valence electrons. The van der Waals surface area contributed by atoms with Crippen molar-refractivity contribution >= 4 is 117 Å². The van der Waals surface area contributed by atoms with Crippen LogP contribution >= 0.6 is 46.4 Å². The van der Waals surface area contributed by atoms with Gasteiger partial charge in [0, 0.05) is 130 Å². The first-order chi connectivity index (χ1) is 66.5. The number of carbonyl (C=O) groups is 8. The van der Waals surface area contributed by atoms with Crippen molar-refractivity contribution in [1.82, 2.24) is 24.5 Å². The highest BCUT2D eigenvalue weighted by Crippen LogP contribution is 2.70. The molecule has 0 bridgehead atoms. The van der Waals surface area contributed by atoms with Gasteiger partial charge in [-0.3, -0.25) is 39.1 Å². The van der Waals surface area contributed by atoms with Gasteiger partial charge in [0.15, 0.2) is 0 Å². The van der Waals surface area contributed by atoms with E-state index in [0.29, 0.717) is 102 Å². The van der Waals surface area contributed by atoms with Gasteiger partial charge in [-0.15, -0.1) is 0 Å². The molecular formula is C111H82Cl4FN9O13. The lowest BCUT2D eigenvalue weighted by molar-refractivity contribution is -0.118. The zero-order chi connectivity index (χ0) is 96.0. The highest BCUT2D eigenvalue weighted by Gasteiger charge is 2.69. The quantitative estimate of drug-likeness (QED) is 0.0420. The van der Waals surface area contributed by atoms with Gasteiger partial charge in [-0.05, 0) is 274 Å². The smallest absolute Gasteiger partial charge is 0.352 e. The molecule has 5 fully saturated rings. The van der Waals surface area contributed by atoms with Crippen molar-refractivity contribution in [3.05, 3.63) is 383 Å². The summed E-state index contributed by atoms with van der Waals surface area (Å²) in [5.74, 6) is -4.25. The zero-order valence-electron chi connectivity index (χ0n) is 74.2. The maximum atomic E-state index is 15.1. The molecule has 8 N–H and O–H groups in total. The van der Waals surface area contributed by atoms with E-state index in [9.17, 15) is 58.8 Å². The third-order valence-corrected chi connectivity index (χ3v) is 30.1. The number of carbonyl (C=O) groups excluding carboxylic acids is 4. The van der Waals surface area contributed by atoms with E-state index < -0.39 is 45.5 Å². The van der Waals surface area contributed by atoms with Crippen LogP contribution in [0.1, 0.15) is 171 Å². The third-order valence-electron chi connectivity index (χ3n) is 28.8. The number of pyridine rings is 4. The van der Waals surface area contributed by atoms with Gasteiger partial charge < -0.3 is 51.0 Å². The number of halogens is 5. The second kappa shape index (κ2) is 34.2. The number of rotatable bonds is 17. The van der Waals surface area contributed by atoms with Crippen LogP contribution in [-0.4, -0.2) is 99.5 Å². The van der Waals surface area contributed by atoms with Crippen molar-refractivity contribution in [1.29, 1.82) is 0 Å². The van der Waals surface area contributed by atoms with E-state index in [4.69, 9.17) is 51.1 Å². The van der Waals surface area contributed by atoms with Crippen molar-refractivity contribution in [2.24, 2.45) is 7.05 Å². The normalized spacial score (nSPS) is 20.6. The topological polar surface area (TPSA) is 331 Å². The number of hydrogen-bond donors (Lipinski definition) is 8. The van der Waals surface area contributed by atoms with Crippen LogP contribution in [0.4, 0.5) is 27.1 Å². The first-order valence-electron chi connectivity index (χ1n) is 44.8. The lowest BCUT2D eigenvalue weighted by atomic mass is 9.89. The van der Waals surface area contributed by atoms with Gasteiger partial charge in [0.05, 0.1) is 71.4 Å². The number of anilines is 4. The van der Waals surface area contributed by atoms with Crippen molar-refractivity contribution in [2.75, 3.05) is 28.4 Å². The molecular weight excluding hydrogens is 1830 g/mol.